The van der Waals surface area contributed by atoms with E-state index in [1.54, 1.807) is 13.0 Å². The van der Waals surface area contributed by atoms with Gasteiger partial charge in [0.15, 0.2) is 5.78 Å². The van der Waals surface area contributed by atoms with Crippen LogP contribution in [-0.2, 0) is 4.79 Å². The molecule has 4 nitrogen and oxygen atoms in total. The molecule has 1 rings (SSSR count). The predicted octanol–water partition coefficient (Wildman–Crippen LogP) is 3.19. The van der Waals surface area contributed by atoms with Crippen LogP contribution < -0.4 is 0 Å². The van der Waals surface area contributed by atoms with Crippen molar-refractivity contribution in [2.75, 3.05) is 0 Å². The highest BCUT2D eigenvalue weighted by atomic mass is 16.3. The molecule has 20 heavy (non-hydrogen) atoms. The molecule has 0 aliphatic rings. The molecule has 0 spiro atoms. The molecule has 0 atom stereocenters. The third-order valence-corrected chi connectivity index (χ3v) is 2.85. The molecule has 2 N–H and O–H groups in total. The van der Waals surface area contributed by atoms with Gasteiger partial charge in [0, 0.05) is 23.6 Å². The van der Waals surface area contributed by atoms with E-state index in [1.165, 1.54) is 18.2 Å². The highest BCUT2D eigenvalue weighted by Crippen LogP contribution is 2.40. The van der Waals surface area contributed by atoms with E-state index in [1.807, 2.05) is 0 Å². The molecular weight excluding hydrogens is 256 g/mol. The number of ketones is 2. The molecule has 104 valence electrons. The predicted molar refractivity (Wildman–Crippen MR) is 79.7 cm³/mol. The topological polar surface area (TPSA) is 74.6 Å². The first-order valence-corrected chi connectivity index (χ1v) is 5.95. The van der Waals surface area contributed by atoms with Crippen molar-refractivity contribution in [3.63, 3.8) is 0 Å². The highest BCUT2D eigenvalue weighted by Gasteiger charge is 2.26. The third-order valence-electron chi connectivity index (χ3n) is 2.85. The summed E-state index contributed by atoms with van der Waals surface area (Å²) in [5.74, 6) is -2.23. The number of phenolic OH excluding ortho intramolecular Hbond substituents is 2. The summed E-state index contributed by atoms with van der Waals surface area (Å²) in [5.41, 5.74) is 0.278. The van der Waals surface area contributed by atoms with Gasteiger partial charge >= 0.3 is 0 Å². The minimum atomic E-state index is -0.880. The molecule has 4 heteroatoms. The number of phenols is 2. The number of Topliss-reactive ketones (excluding diaryl/α,β-unsaturated/α-hetero) is 2. The summed E-state index contributed by atoms with van der Waals surface area (Å²) < 4.78 is 0. The van der Waals surface area contributed by atoms with Crippen LogP contribution in [0, 0.1) is 0 Å². The minimum absolute atomic E-state index is 0.0193. The van der Waals surface area contributed by atoms with Crippen LogP contribution in [0.4, 0.5) is 0 Å². The molecule has 0 fully saturated rings. The van der Waals surface area contributed by atoms with E-state index in [0.717, 1.165) is 6.92 Å². The maximum Gasteiger partial charge on any atom is 0.232 e. The van der Waals surface area contributed by atoms with Crippen LogP contribution >= 0.6 is 0 Å². The zero-order chi connectivity index (χ0) is 15.4. The van der Waals surface area contributed by atoms with E-state index in [9.17, 15) is 19.8 Å². The Bertz CT molecular complexity index is 637. The Morgan fingerprint density at radius 3 is 1.95 bits per heavy atom. The summed E-state index contributed by atoms with van der Waals surface area (Å²) in [6, 6.07) is 0. The summed E-state index contributed by atoms with van der Waals surface area (Å²) in [6.45, 7) is 9.89. The monoisotopic (exact) mass is 272 g/mol. The molecule has 0 heterocycles. The Morgan fingerprint density at radius 2 is 1.55 bits per heavy atom. The number of rotatable bonds is 5. The van der Waals surface area contributed by atoms with Crippen LogP contribution in [0.5, 0.6) is 11.5 Å². The van der Waals surface area contributed by atoms with E-state index in [2.05, 4.69) is 13.2 Å². The fourth-order valence-electron chi connectivity index (χ4n) is 1.93. The van der Waals surface area contributed by atoms with Crippen molar-refractivity contribution in [2.24, 2.45) is 0 Å². The molecule has 1 aromatic carbocycles. The molecule has 0 radical (unpaired) electrons. The second-order valence-electron chi connectivity index (χ2n) is 4.11. The van der Waals surface area contributed by atoms with Crippen LogP contribution in [0.3, 0.4) is 0 Å². The van der Waals surface area contributed by atoms with Crippen molar-refractivity contribution in [1.29, 1.82) is 0 Å². The first kappa shape index (κ1) is 15.4. The van der Waals surface area contributed by atoms with Crippen molar-refractivity contribution in [3.05, 3.63) is 41.5 Å². The first-order chi connectivity index (χ1) is 9.40. The van der Waals surface area contributed by atoms with Crippen molar-refractivity contribution in [2.45, 2.75) is 13.8 Å². The van der Waals surface area contributed by atoms with Gasteiger partial charge < -0.3 is 10.2 Å². The summed E-state index contributed by atoms with van der Waals surface area (Å²) in [6.07, 6.45) is 5.74. The number of hydrogen-bond donors (Lipinski definition) is 2. The number of hydrogen-bond acceptors (Lipinski definition) is 4. The lowest BCUT2D eigenvalue weighted by Crippen LogP contribution is -2.13. The SMILES string of the molecule is C=Cc1c(O)c(C=C)c(C(=O)C(C)=O)c(O)c1/C=C\C. The van der Waals surface area contributed by atoms with Gasteiger partial charge in [-0.05, 0) is 6.92 Å². The molecule has 0 aliphatic heterocycles. The lowest BCUT2D eigenvalue weighted by molar-refractivity contribution is -0.113. The zero-order valence-electron chi connectivity index (χ0n) is 11.4. The standard InChI is InChI=1S/C16H16O4/c1-5-8-12-10(6-2)15(19)11(7-3)13(16(12)20)14(18)9(4)17/h5-8,19-20H,2-3H2,1,4H3/b8-5-. The molecule has 0 aromatic heterocycles. The van der Waals surface area contributed by atoms with Crippen molar-refractivity contribution < 1.29 is 19.8 Å². The van der Waals surface area contributed by atoms with Crippen LogP contribution in [0.2, 0.25) is 0 Å². The smallest absolute Gasteiger partial charge is 0.232 e. The van der Waals surface area contributed by atoms with Crippen LogP contribution in [0.25, 0.3) is 18.2 Å². The fourth-order valence-corrected chi connectivity index (χ4v) is 1.93. The number of aromatic hydroxyl groups is 2. The maximum absolute atomic E-state index is 11.9. The minimum Gasteiger partial charge on any atom is -0.507 e. The Hall–Kier alpha value is -2.62. The molecule has 0 bridgehead atoms. The average molecular weight is 272 g/mol. The quantitative estimate of drug-likeness (QED) is 0.490. The van der Waals surface area contributed by atoms with Crippen molar-refractivity contribution in [1.82, 2.24) is 0 Å². The molecule has 0 saturated carbocycles. The summed E-state index contributed by atoms with van der Waals surface area (Å²) in [5, 5.41) is 20.4. The fraction of sp³-hybridized carbons (Fsp3) is 0.125. The highest BCUT2D eigenvalue weighted by molar-refractivity contribution is 6.44. The van der Waals surface area contributed by atoms with E-state index in [-0.39, 0.29) is 33.8 Å². The summed E-state index contributed by atoms with van der Waals surface area (Å²) in [7, 11) is 0. The lowest BCUT2D eigenvalue weighted by atomic mass is 9.91. The molecular formula is C16H16O4. The van der Waals surface area contributed by atoms with E-state index in [0.29, 0.717) is 0 Å². The van der Waals surface area contributed by atoms with Gasteiger partial charge in [0.1, 0.15) is 11.5 Å². The van der Waals surface area contributed by atoms with Crippen LogP contribution in [-0.4, -0.2) is 21.8 Å². The Balaban J connectivity index is 3.93. The van der Waals surface area contributed by atoms with E-state index >= 15 is 0 Å². The van der Waals surface area contributed by atoms with Gasteiger partial charge in [0.2, 0.25) is 5.78 Å². The van der Waals surface area contributed by atoms with Gasteiger partial charge in [-0.25, -0.2) is 0 Å². The van der Waals surface area contributed by atoms with Crippen molar-refractivity contribution in [3.8, 4) is 11.5 Å². The molecule has 0 saturated heterocycles. The van der Waals surface area contributed by atoms with Gasteiger partial charge in [-0.2, -0.15) is 0 Å². The van der Waals surface area contributed by atoms with E-state index in [4.69, 9.17) is 0 Å². The second-order valence-corrected chi connectivity index (χ2v) is 4.11. The lowest BCUT2D eigenvalue weighted by Gasteiger charge is -2.15. The average Bonchev–Trinajstić information content (AvgIpc) is 2.41. The molecule has 0 amide bonds. The summed E-state index contributed by atoms with van der Waals surface area (Å²) in [4.78, 5) is 23.2. The second kappa shape index (κ2) is 6.02. The number of allylic oxidation sites excluding steroid dienone is 1. The normalized spacial score (nSPS) is 10.5. The van der Waals surface area contributed by atoms with Gasteiger partial charge in [0.25, 0.3) is 0 Å². The number of carbonyl (C=O) groups is 2. The Kier molecular flexibility index (Phi) is 4.64. The van der Waals surface area contributed by atoms with Gasteiger partial charge in [-0.15, -0.1) is 0 Å². The third kappa shape index (κ3) is 2.40. The molecule has 0 unspecified atom stereocenters. The van der Waals surface area contributed by atoms with Crippen LogP contribution in [0.1, 0.15) is 40.9 Å². The largest absolute Gasteiger partial charge is 0.507 e. The Labute approximate surface area is 117 Å². The van der Waals surface area contributed by atoms with Gasteiger partial charge in [-0.3, -0.25) is 9.59 Å². The van der Waals surface area contributed by atoms with E-state index < -0.39 is 11.6 Å². The Morgan fingerprint density at radius 1 is 1.00 bits per heavy atom. The zero-order valence-corrected chi connectivity index (χ0v) is 11.4. The first-order valence-electron chi connectivity index (χ1n) is 5.95. The number of carbonyl (C=O) groups excluding carboxylic acids is 2. The van der Waals surface area contributed by atoms with Gasteiger partial charge in [-0.1, -0.05) is 37.5 Å². The molecule has 1 aromatic rings. The summed E-state index contributed by atoms with van der Waals surface area (Å²) >= 11 is 0. The van der Waals surface area contributed by atoms with Crippen LogP contribution in [0.15, 0.2) is 19.2 Å². The number of benzene rings is 1. The van der Waals surface area contributed by atoms with Crippen molar-refractivity contribution >= 4 is 29.8 Å². The maximum atomic E-state index is 11.9. The van der Waals surface area contributed by atoms with Gasteiger partial charge in [0.05, 0.1) is 5.56 Å². The molecule has 0 aliphatic carbocycles.